The van der Waals surface area contributed by atoms with Crippen LogP contribution in [0.15, 0.2) is 79.0 Å². The van der Waals surface area contributed by atoms with Gasteiger partial charge in [0.15, 0.2) is 0 Å². The van der Waals surface area contributed by atoms with E-state index in [-0.39, 0.29) is 43.0 Å². The molecule has 1 N–H and O–H groups in total. The first-order valence-electron chi connectivity index (χ1n) is 11.4. The quantitative estimate of drug-likeness (QED) is 0.619. The molecule has 3 heterocycles. The summed E-state index contributed by atoms with van der Waals surface area (Å²) in [5.74, 6) is 5.98. The van der Waals surface area contributed by atoms with Gasteiger partial charge >= 0.3 is 0 Å². The van der Waals surface area contributed by atoms with Crippen LogP contribution in [0.4, 0.5) is 0 Å². The molecule has 2 aromatic carbocycles. The van der Waals surface area contributed by atoms with E-state index >= 15 is 0 Å². The maximum Gasteiger partial charge on any atom is 0.272 e. The van der Waals surface area contributed by atoms with E-state index in [9.17, 15) is 14.7 Å². The van der Waals surface area contributed by atoms with Crippen LogP contribution >= 0.6 is 0 Å². The third-order valence-corrected chi connectivity index (χ3v) is 6.59. The summed E-state index contributed by atoms with van der Waals surface area (Å²) in [5, 5.41) is 10.00. The van der Waals surface area contributed by atoms with E-state index in [1.54, 1.807) is 34.2 Å². The molecule has 0 saturated carbocycles. The second-order valence-corrected chi connectivity index (χ2v) is 8.63. The smallest absolute Gasteiger partial charge is 0.272 e. The average Bonchev–Trinajstić information content (AvgIpc) is 2.87. The zero-order valence-corrected chi connectivity index (χ0v) is 18.7. The van der Waals surface area contributed by atoms with Crippen LogP contribution in [0.25, 0.3) is 0 Å². The molecule has 2 aliphatic rings. The van der Waals surface area contributed by atoms with Crippen LogP contribution in [0.5, 0.6) is 0 Å². The Balaban J connectivity index is 1.31. The molecule has 2 aliphatic heterocycles. The number of carbonyl (C=O) groups excluding carboxylic acids is 2. The van der Waals surface area contributed by atoms with Crippen molar-refractivity contribution in [1.29, 1.82) is 0 Å². The highest BCUT2D eigenvalue weighted by atomic mass is 16.3. The van der Waals surface area contributed by atoms with Crippen molar-refractivity contribution in [2.75, 3.05) is 19.7 Å². The molecule has 34 heavy (non-hydrogen) atoms. The molecule has 170 valence electrons. The molecule has 0 spiro atoms. The summed E-state index contributed by atoms with van der Waals surface area (Å²) in [7, 11) is 0. The second kappa shape index (κ2) is 9.50. The van der Waals surface area contributed by atoms with Crippen molar-refractivity contribution in [1.82, 2.24) is 14.8 Å². The van der Waals surface area contributed by atoms with Crippen molar-refractivity contribution in [3.8, 4) is 11.8 Å². The van der Waals surface area contributed by atoms with Crippen molar-refractivity contribution in [2.24, 2.45) is 0 Å². The number of pyridine rings is 1. The van der Waals surface area contributed by atoms with E-state index in [1.165, 1.54) is 5.56 Å². The van der Waals surface area contributed by atoms with Crippen LogP contribution in [0.2, 0.25) is 0 Å². The number of carbonyl (C=O) groups is 2. The highest BCUT2D eigenvalue weighted by Gasteiger charge is 2.54. The number of amides is 2. The summed E-state index contributed by atoms with van der Waals surface area (Å²) in [4.78, 5) is 33.1. The topological polar surface area (TPSA) is 73.7 Å². The average molecular weight is 452 g/mol. The molecule has 3 atom stereocenters. The molecule has 0 bridgehead atoms. The van der Waals surface area contributed by atoms with E-state index in [2.05, 4.69) is 29.0 Å². The first-order chi connectivity index (χ1) is 16.7. The Labute approximate surface area is 198 Å². The Morgan fingerprint density at radius 1 is 1.03 bits per heavy atom. The minimum atomic E-state index is -0.278. The molecule has 2 saturated heterocycles. The second-order valence-electron chi connectivity index (χ2n) is 8.63. The van der Waals surface area contributed by atoms with E-state index in [0.29, 0.717) is 18.7 Å². The van der Waals surface area contributed by atoms with Crippen molar-refractivity contribution in [2.45, 2.75) is 24.4 Å². The van der Waals surface area contributed by atoms with E-state index in [0.717, 1.165) is 11.1 Å². The number of aliphatic hydroxyl groups excluding tert-OH is 1. The lowest BCUT2D eigenvalue weighted by Gasteiger charge is -2.58. The SMILES string of the molecule is O=C(c1ccccn1)N1CC(=O)N2[C@H](C1)[C@H](c1ccc(C#CCc3ccccc3)cc1)[C@@H]2CO. The van der Waals surface area contributed by atoms with Crippen LogP contribution in [0, 0.1) is 11.8 Å². The van der Waals surface area contributed by atoms with Gasteiger partial charge in [-0.25, -0.2) is 0 Å². The van der Waals surface area contributed by atoms with Gasteiger partial charge in [-0.2, -0.15) is 0 Å². The first-order valence-corrected chi connectivity index (χ1v) is 11.4. The zero-order valence-electron chi connectivity index (χ0n) is 18.7. The summed E-state index contributed by atoms with van der Waals surface area (Å²) < 4.78 is 0. The number of nitrogens with zero attached hydrogens (tertiary/aromatic N) is 3. The number of fused-ring (bicyclic) bond motifs is 1. The van der Waals surface area contributed by atoms with Gasteiger partial charge in [0.1, 0.15) is 12.2 Å². The Morgan fingerprint density at radius 3 is 2.50 bits per heavy atom. The fourth-order valence-electron chi connectivity index (χ4n) is 4.94. The number of hydrogen-bond donors (Lipinski definition) is 1. The lowest BCUT2D eigenvalue weighted by atomic mass is 9.73. The highest BCUT2D eigenvalue weighted by molar-refractivity contribution is 5.96. The van der Waals surface area contributed by atoms with Gasteiger partial charge in [0.05, 0.1) is 18.7 Å². The molecule has 0 unspecified atom stereocenters. The van der Waals surface area contributed by atoms with Crippen molar-refractivity contribution < 1.29 is 14.7 Å². The minimum Gasteiger partial charge on any atom is -0.394 e. The Morgan fingerprint density at radius 2 is 1.79 bits per heavy atom. The molecule has 6 heteroatoms. The summed E-state index contributed by atoms with van der Waals surface area (Å²) >= 11 is 0. The van der Waals surface area contributed by atoms with E-state index < -0.39 is 0 Å². The van der Waals surface area contributed by atoms with Gasteiger partial charge in [0.2, 0.25) is 5.91 Å². The third kappa shape index (κ3) is 4.18. The molecule has 6 nitrogen and oxygen atoms in total. The minimum absolute atomic E-state index is 0.00503. The maximum absolute atomic E-state index is 12.9. The maximum atomic E-state index is 12.9. The molecule has 0 radical (unpaired) electrons. The molecular formula is C28H25N3O3. The highest BCUT2D eigenvalue weighted by Crippen LogP contribution is 2.43. The number of benzene rings is 2. The zero-order chi connectivity index (χ0) is 23.5. The van der Waals surface area contributed by atoms with Gasteiger partial charge in [-0.3, -0.25) is 14.6 Å². The van der Waals surface area contributed by atoms with Crippen LogP contribution in [-0.2, 0) is 11.2 Å². The molecule has 0 aliphatic carbocycles. The molecule has 5 rings (SSSR count). The number of aromatic nitrogens is 1. The van der Waals surface area contributed by atoms with Crippen LogP contribution in [-0.4, -0.2) is 63.5 Å². The standard InChI is InChI=1S/C28H25N3O3/c32-19-25-27(22-14-12-21(13-15-22)10-6-9-20-7-2-1-3-8-20)24-17-30(18-26(33)31(24)25)28(34)23-11-4-5-16-29-23/h1-5,7-8,11-16,24-25,27,32H,9,17-19H2/t24-,25+,27+/m1/s1. The molecular weight excluding hydrogens is 426 g/mol. The van der Waals surface area contributed by atoms with Gasteiger partial charge in [0, 0.05) is 30.6 Å². The predicted octanol–water partition coefficient (Wildman–Crippen LogP) is 2.49. The molecule has 2 fully saturated rings. The lowest BCUT2D eigenvalue weighted by Crippen LogP contribution is -2.73. The Kier molecular flexibility index (Phi) is 6.11. The Hall–Kier alpha value is -3.95. The first kappa shape index (κ1) is 21.9. The van der Waals surface area contributed by atoms with Gasteiger partial charge in [0.25, 0.3) is 5.91 Å². The molecule has 2 amide bonds. The number of rotatable bonds is 4. The fraction of sp³-hybridized carbons (Fsp3) is 0.250. The summed E-state index contributed by atoms with van der Waals surface area (Å²) in [6.45, 7) is 0.311. The number of piperazine rings is 1. The molecule has 3 aromatic rings. The third-order valence-electron chi connectivity index (χ3n) is 6.59. The number of aliphatic hydroxyl groups is 1. The van der Waals surface area contributed by atoms with Gasteiger partial charge < -0.3 is 14.9 Å². The van der Waals surface area contributed by atoms with E-state index in [4.69, 9.17) is 0 Å². The van der Waals surface area contributed by atoms with Crippen LogP contribution in [0.1, 0.15) is 33.1 Å². The largest absolute Gasteiger partial charge is 0.394 e. The summed E-state index contributed by atoms with van der Waals surface area (Å²) in [5.41, 5.74) is 3.47. The number of hydrogen-bond acceptors (Lipinski definition) is 4. The van der Waals surface area contributed by atoms with Crippen molar-refractivity contribution >= 4 is 11.8 Å². The molecule has 1 aromatic heterocycles. The summed E-state index contributed by atoms with van der Waals surface area (Å²) in [6, 6.07) is 22.8. The Bertz CT molecular complexity index is 1230. The van der Waals surface area contributed by atoms with Gasteiger partial charge in [-0.15, -0.1) is 0 Å². The fourth-order valence-corrected chi connectivity index (χ4v) is 4.94. The van der Waals surface area contributed by atoms with Gasteiger partial charge in [-0.1, -0.05) is 60.4 Å². The summed E-state index contributed by atoms with van der Waals surface area (Å²) in [6.07, 6.45) is 2.26. The monoisotopic (exact) mass is 451 g/mol. The van der Waals surface area contributed by atoms with Crippen molar-refractivity contribution in [3.05, 3.63) is 101 Å². The van der Waals surface area contributed by atoms with Crippen LogP contribution in [0.3, 0.4) is 0 Å². The van der Waals surface area contributed by atoms with Crippen LogP contribution < -0.4 is 0 Å². The van der Waals surface area contributed by atoms with E-state index in [1.807, 2.05) is 42.5 Å². The predicted molar refractivity (Wildman–Crippen MR) is 128 cm³/mol. The lowest BCUT2D eigenvalue weighted by molar-refractivity contribution is -0.159. The van der Waals surface area contributed by atoms with Crippen molar-refractivity contribution in [3.63, 3.8) is 0 Å². The van der Waals surface area contributed by atoms with Gasteiger partial charge in [-0.05, 0) is 35.4 Å². The normalized spacial score (nSPS) is 21.2.